The van der Waals surface area contributed by atoms with Gasteiger partial charge in [0.15, 0.2) is 9.84 Å². The van der Waals surface area contributed by atoms with Gasteiger partial charge in [-0.25, -0.2) is 8.42 Å². The fourth-order valence-corrected chi connectivity index (χ4v) is 3.84. The van der Waals surface area contributed by atoms with Gasteiger partial charge in [0.25, 0.3) is 5.91 Å². The molecule has 0 fully saturated rings. The Morgan fingerprint density at radius 2 is 1.96 bits per heavy atom. The Balaban J connectivity index is 1.76. The van der Waals surface area contributed by atoms with Crippen LogP contribution in [-0.2, 0) is 22.0 Å². The molecule has 1 N–H and O–H groups in total. The number of hydrogen-bond donors (Lipinski definition) is 1. The van der Waals surface area contributed by atoms with E-state index in [9.17, 15) is 13.2 Å². The molecule has 2 aromatic carbocycles. The van der Waals surface area contributed by atoms with Gasteiger partial charge in [-0.2, -0.15) is 0 Å². The lowest BCUT2D eigenvalue weighted by atomic mass is 10.1. The van der Waals surface area contributed by atoms with Crippen LogP contribution in [-0.4, -0.2) is 20.6 Å². The predicted octanol–water partition coefficient (Wildman–Crippen LogP) is 2.65. The van der Waals surface area contributed by atoms with E-state index >= 15 is 0 Å². The number of carbonyl (C=O) groups is 1. The maximum absolute atomic E-state index is 12.5. The summed E-state index contributed by atoms with van der Waals surface area (Å²) in [5, 5.41) is 3.05. The van der Waals surface area contributed by atoms with Gasteiger partial charge < -0.3 is 5.32 Å². The summed E-state index contributed by atoms with van der Waals surface area (Å²) in [6.45, 7) is 0. The zero-order chi connectivity index (χ0) is 16.4. The van der Waals surface area contributed by atoms with Crippen molar-refractivity contribution >= 4 is 15.7 Å². The fourth-order valence-electron chi connectivity index (χ4n) is 3.05. The van der Waals surface area contributed by atoms with Gasteiger partial charge >= 0.3 is 0 Å². The summed E-state index contributed by atoms with van der Waals surface area (Å²) in [5.74, 6) is -0.220. The molecule has 0 spiro atoms. The third kappa shape index (κ3) is 3.79. The van der Waals surface area contributed by atoms with Gasteiger partial charge in [-0.15, -0.1) is 0 Å². The molecule has 23 heavy (non-hydrogen) atoms. The zero-order valence-electron chi connectivity index (χ0n) is 13.0. The number of nitrogens with one attached hydrogen (secondary N) is 1. The second-order valence-electron chi connectivity index (χ2n) is 6.03. The van der Waals surface area contributed by atoms with E-state index in [4.69, 9.17) is 0 Å². The van der Waals surface area contributed by atoms with E-state index in [1.165, 1.54) is 17.4 Å². The summed E-state index contributed by atoms with van der Waals surface area (Å²) in [7, 11) is -3.11. The second kappa shape index (κ2) is 6.16. The average Bonchev–Trinajstić information content (AvgIpc) is 2.89. The maximum atomic E-state index is 12.5. The molecule has 0 aromatic heterocycles. The third-order valence-electron chi connectivity index (χ3n) is 4.06. The number of benzene rings is 2. The highest BCUT2D eigenvalue weighted by molar-refractivity contribution is 7.89. The standard InChI is InChI=1S/C18H19NO3S/c1-23(21,22)12-13-5-4-7-15(11-13)18(20)19-17-10-9-14-6-2-3-8-16(14)17/h2-8,11,17H,9-10,12H2,1H3,(H,19,20). The lowest BCUT2D eigenvalue weighted by Crippen LogP contribution is -2.27. The Hall–Kier alpha value is -2.14. The second-order valence-corrected chi connectivity index (χ2v) is 8.17. The normalized spacial score (nSPS) is 16.8. The minimum absolute atomic E-state index is 0.0252. The lowest BCUT2D eigenvalue weighted by molar-refractivity contribution is 0.0936. The molecule has 0 bridgehead atoms. The van der Waals surface area contributed by atoms with Crippen LogP contribution >= 0.6 is 0 Å². The zero-order valence-corrected chi connectivity index (χ0v) is 13.8. The molecular weight excluding hydrogens is 310 g/mol. The van der Waals surface area contributed by atoms with Gasteiger partial charge in [0.1, 0.15) is 0 Å². The molecule has 4 nitrogen and oxygen atoms in total. The van der Waals surface area contributed by atoms with E-state index in [0.29, 0.717) is 11.1 Å². The van der Waals surface area contributed by atoms with Crippen LogP contribution < -0.4 is 5.32 Å². The Morgan fingerprint density at radius 1 is 1.17 bits per heavy atom. The van der Waals surface area contributed by atoms with Crippen LogP contribution in [0, 0.1) is 0 Å². The first-order valence-electron chi connectivity index (χ1n) is 7.58. The molecule has 0 aliphatic heterocycles. The van der Waals surface area contributed by atoms with Crippen molar-refractivity contribution in [1.29, 1.82) is 0 Å². The molecule has 2 aromatic rings. The molecule has 1 amide bonds. The number of amides is 1. The number of sulfone groups is 1. The number of hydrogen-bond acceptors (Lipinski definition) is 3. The van der Waals surface area contributed by atoms with Gasteiger partial charge in [-0.1, -0.05) is 36.4 Å². The minimum atomic E-state index is -3.11. The molecule has 0 saturated heterocycles. The van der Waals surface area contributed by atoms with E-state index in [0.717, 1.165) is 12.8 Å². The van der Waals surface area contributed by atoms with Crippen LogP contribution in [0.2, 0.25) is 0 Å². The lowest BCUT2D eigenvalue weighted by Gasteiger charge is -2.14. The Morgan fingerprint density at radius 3 is 2.74 bits per heavy atom. The molecule has 1 aliphatic carbocycles. The van der Waals surface area contributed by atoms with Crippen LogP contribution in [0.3, 0.4) is 0 Å². The number of fused-ring (bicyclic) bond motifs is 1. The fraction of sp³-hybridized carbons (Fsp3) is 0.278. The molecule has 3 rings (SSSR count). The van der Waals surface area contributed by atoms with Gasteiger partial charge in [-0.3, -0.25) is 4.79 Å². The molecule has 5 heteroatoms. The Bertz CT molecular complexity index is 843. The van der Waals surface area contributed by atoms with Crippen molar-refractivity contribution in [2.75, 3.05) is 6.26 Å². The Kier molecular flexibility index (Phi) is 4.22. The van der Waals surface area contributed by atoms with Crippen LogP contribution in [0.15, 0.2) is 48.5 Å². The third-order valence-corrected chi connectivity index (χ3v) is 4.91. The summed E-state index contributed by atoms with van der Waals surface area (Å²) in [6.07, 6.45) is 3.05. The van der Waals surface area contributed by atoms with E-state index in [1.807, 2.05) is 18.2 Å². The van der Waals surface area contributed by atoms with Crippen LogP contribution in [0.1, 0.15) is 39.5 Å². The SMILES string of the molecule is CS(=O)(=O)Cc1cccc(C(=O)NC2CCc3ccccc32)c1. The van der Waals surface area contributed by atoms with Crippen molar-refractivity contribution in [3.8, 4) is 0 Å². The molecule has 120 valence electrons. The average molecular weight is 329 g/mol. The van der Waals surface area contributed by atoms with Crippen LogP contribution in [0.4, 0.5) is 0 Å². The molecule has 0 heterocycles. The number of aryl methyl sites for hydroxylation is 1. The van der Waals surface area contributed by atoms with Crippen molar-refractivity contribution < 1.29 is 13.2 Å². The smallest absolute Gasteiger partial charge is 0.251 e. The van der Waals surface area contributed by atoms with Gasteiger partial charge in [-0.05, 0) is 41.7 Å². The summed E-state index contributed by atoms with van der Waals surface area (Å²) in [6, 6.07) is 15.0. The Labute approximate surface area is 136 Å². The molecule has 1 unspecified atom stereocenters. The maximum Gasteiger partial charge on any atom is 0.251 e. The van der Waals surface area contributed by atoms with Crippen LogP contribution in [0.25, 0.3) is 0 Å². The van der Waals surface area contributed by atoms with E-state index in [-0.39, 0.29) is 17.7 Å². The van der Waals surface area contributed by atoms with Gasteiger partial charge in [0.2, 0.25) is 0 Å². The highest BCUT2D eigenvalue weighted by Crippen LogP contribution is 2.30. The van der Waals surface area contributed by atoms with Crippen molar-refractivity contribution in [2.45, 2.75) is 24.6 Å². The highest BCUT2D eigenvalue weighted by Gasteiger charge is 2.23. The molecule has 1 aliphatic rings. The van der Waals surface area contributed by atoms with Crippen molar-refractivity contribution in [2.24, 2.45) is 0 Å². The van der Waals surface area contributed by atoms with Crippen molar-refractivity contribution in [1.82, 2.24) is 5.32 Å². The minimum Gasteiger partial charge on any atom is -0.345 e. The highest BCUT2D eigenvalue weighted by atomic mass is 32.2. The topological polar surface area (TPSA) is 63.2 Å². The quantitative estimate of drug-likeness (QED) is 0.938. The van der Waals surface area contributed by atoms with E-state index in [1.54, 1.807) is 24.3 Å². The van der Waals surface area contributed by atoms with Gasteiger partial charge in [0.05, 0.1) is 11.8 Å². The summed E-state index contributed by atoms with van der Waals surface area (Å²) < 4.78 is 22.8. The van der Waals surface area contributed by atoms with E-state index < -0.39 is 9.84 Å². The molecule has 0 radical (unpaired) electrons. The van der Waals surface area contributed by atoms with Gasteiger partial charge in [0, 0.05) is 11.8 Å². The van der Waals surface area contributed by atoms with Crippen LogP contribution in [0.5, 0.6) is 0 Å². The predicted molar refractivity (Wildman–Crippen MR) is 90.0 cm³/mol. The number of rotatable bonds is 4. The first-order chi connectivity index (χ1) is 10.9. The number of carbonyl (C=O) groups excluding carboxylic acids is 1. The largest absolute Gasteiger partial charge is 0.345 e. The summed E-state index contributed by atoms with van der Waals surface area (Å²) >= 11 is 0. The summed E-state index contributed by atoms with van der Waals surface area (Å²) in [4.78, 5) is 12.5. The molecular formula is C18H19NO3S. The van der Waals surface area contributed by atoms with Crippen molar-refractivity contribution in [3.05, 3.63) is 70.8 Å². The molecule has 0 saturated carbocycles. The molecule has 1 atom stereocenters. The van der Waals surface area contributed by atoms with E-state index in [2.05, 4.69) is 11.4 Å². The summed E-state index contributed by atoms with van der Waals surface area (Å²) in [5.41, 5.74) is 3.58. The monoisotopic (exact) mass is 329 g/mol. The first-order valence-corrected chi connectivity index (χ1v) is 9.64. The van der Waals surface area contributed by atoms with Crippen molar-refractivity contribution in [3.63, 3.8) is 0 Å². The first kappa shape index (κ1) is 15.7.